The molecule has 1 saturated carbocycles. The van der Waals surface area contributed by atoms with Crippen molar-refractivity contribution >= 4 is 5.91 Å². The summed E-state index contributed by atoms with van der Waals surface area (Å²) in [5.74, 6) is 0.0509. The topological polar surface area (TPSA) is 55.1 Å². The summed E-state index contributed by atoms with van der Waals surface area (Å²) in [6, 6.07) is 0. The second-order valence-corrected chi connectivity index (χ2v) is 2.71. The minimum Gasteiger partial charge on any atom is -0.359 e. The van der Waals surface area contributed by atoms with E-state index in [0.717, 1.165) is 12.8 Å². The molecule has 0 unspecified atom stereocenters. The number of nitrogens with one attached hydrogen (secondary N) is 1. The molecule has 3 N–H and O–H groups in total. The van der Waals surface area contributed by atoms with Crippen LogP contribution in [0.2, 0.25) is 0 Å². The molecule has 1 amide bonds. The number of hydrogen-bond acceptors (Lipinski definition) is 2. The lowest BCUT2D eigenvalue weighted by molar-refractivity contribution is -0.121. The summed E-state index contributed by atoms with van der Waals surface area (Å²) in [7, 11) is 1.63. The van der Waals surface area contributed by atoms with Gasteiger partial charge in [0.1, 0.15) is 0 Å². The van der Waals surface area contributed by atoms with E-state index in [1.807, 2.05) is 0 Å². The van der Waals surface area contributed by atoms with Crippen molar-refractivity contribution in [3.05, 3.63) is 0 Å². The van der Waals surface area contributed by atoms with Crippen LogP contribution in [0.15, 0.2) is 0 Å². The van der Waals surface area contributed by atoms with Gasteiger partial charge in [0.15, 0.2) is 0 Å². The molecule has 0 radical (unpaired) electrons. The second kappa shape index (κ2) is 1.99. The van der Waals surface area contributed by atoms with Gasteiger partial charge in [-0.25, -0.2) is 0 Å². The Balaban J connectivity index is 2.25. The van der Waals surface area contributed by atoms with Crippen LogP contribution in [0.4, 0.5) is 0 Å². The van der Waals surface area contributed by atoms with E-state index in [1.54, 1.807) is 7.05 Å². The molecule has 0 aromatic rings. The maximum absolute atomic E-state index is 10.7. The molecular formula is C6H12N2O. The first kappa shape index (κ1) is 6.55. The van der Waals surface area contributed by atoms with Gasteiger partial charge in [-0.15, -0.1) is 0 Å². The van der Waals surface area contributed by atoms with Gasteiger partial charge in [-0.1, -0.05) is 0 Å². The number of amides is 1. The third kappa shape index (κ3) is 1.68. The standard InChI is InChI=1S/C6H12N2O/c1-8-5(9)4-6(7)2-3-6/h2-4,7H2,1H3,(H,8,9). The number of nitrogens with two attached hydrogens (primary N) is 1. The molecule has 52 valence electrons. The lowest BCUT2D eigenvalue weighted by atomic mass is 10.2. The Kier molecular flexibility index (Phi) is 1.45. The van der Waals surface area contributed by atoms with Crippen LogP contribution in [-0.4, -0.2) is 18.5 Å². The van der Waals surface area contributed by atoms with E-state index in [0.29, 0.717) is 6.42 Å². The summed E-state index contributed by atoms with van der Waals surface area (Å²) in [6.07, 6.45) is 2.49. The summed E-state index contributed by atoms with van der Waals surface area (Å²) >= 11 is 0. The Labute approximate surface area is 54.6 Å². The minimum atomic E-state index is -0.139. The van der Waals surface area contributed by atoms with Gasteiger partial charge in [0, 0.05) is 19.0 Å². The van der Waals surface area contributed by atoms with Crippen LogP contribution >= 0.6 is 0 Å². The smallest absolute Gasteiger partial charge is 0.221 e. The molecule has 0 saturated heterocycles. The molecule has 0 aromatic carbocycles. The summed E-state index contributed by atoms with van der Waals surface area (Å²) < 4.78 is 0. The van der Waals surface area contributed by atoms with E-state index in [2.05, 4.69) is 5.32 Å². The largest absolute Gasteiger partial charge is 0.359 e. The summed E-state index contributed by atoms with van der Waals surface area (Å²) in [4.78, 5) is 10.7. The number of hydrogen-bond donors (Lipinski definition) is 2. The highest BCUT2D eigenvalue weighted by Crippen LogP contribution is 2.35. The Morgan fingerprint density at radius 2 is 2.33 bits per heavy atom. The van der Waals surface area contributed by atoms with E-state index in [4.69, 9.17) is 5.73 Å². The summed E-state index contributed by atoms with van der Waals surface area (Å²) in [5.41, 5.74) is 5.52. The zero-order chi connectivity index (χ0) is 6.91. The lowest BCUT2D eigenvalue weighted by Crippen LogP contribution is -2.30. The van der Waals surface area contributed by atoms with Gasteiger partial charge < -0.3 is 11.1 Å². The molecule has 1 aliphatic carbocycles. The maximum Gasteiger partial charge on any atom is 0.221 e. The van der Waals surface area contributed by atoms with Crippen molar-refractivity contribution in [1.29, 1.82) is 0 Å². The van der Waals surface area contributed by atoms with Crippen LogP contribution < -0.4 is 11.1 Å². The molecule has 3 heteroatoms. The predicted molar refractivity (Wildman–Crippen MR) is 34.8 cm³/mol. The molecular weight excluding hydrogens is 116 g/mol. The highest BCUT2D eigenvalue weighted by Gasteiger charge is 2.39. The molecule has 1 rings (SSSR count). The fourth-order valence-electron chi connectivity index (χ4n) is 0.745. The van der Waals surface area contributed by atoms with Crippen LogP contribution in [0.1, 0.15) is 19.3 Å². The van der Waals surface area contributed by atoms with Crippen LogP contribution in [0.5, 0.6) is 0 Å². The fraction of sp³-hybridized carbons (Fsp3) is 0.833. The van der Waals surface area contributed by atoms with Crippen LogP contribution in [0, 0.1) is 0 Å². The molecule has 0 bridgehead atoms. The van der Waals surface area contributed by atoms with E-state index < -0.39 is 0 Å². The zero-order valence-electron chi connectivity index (χ0n) is 5.61. The molecule has 0 atom stereocenters. The minimum absolute atomic E-state index is 0.0509. The Bertz CT molecular complexity index is 129. The van der Waals surface area contributed by atoms with Crippen LogP contribution in [0.3, 0.4) is 0 Å². The van der Waals surface area contributed by atoms with Gasteiger partial charge in [0.2, 0.25) is 5.91 Å². The normalized spacial score (nSPS) is 21.1. The third-order valence-electron chi connectivity index (χ3n) is 1.68. The first-order chi connectivity index (χ1) is 4.16. The molecule has 1 aliphatic rings. The van der Waals surface area contributed by atoms with E-state index >= 15 is 0 Å². The Morgan fingerprint density at radius 1 is 1.78 bits per heavy atom. The third-order valence-corrected chi connectivity index (χ3v) is 1.68. The van der Waals surface area contributed by atoms with Crippen LogP contribution in [-0.2, 0) is 4.79 Å². The van der Waals surface area contributed by atoms with Crippen molar-refractivity contribution in [3.8, 4) is 0 Å². The van der Waals surface area contributed by atoms with Crippen molar-refractivity contribution in [2.45, 2.75) is 24.8 Å². The Morgan fingerprint density at radius 3 is 2.67 bits per heavy atom. The molecule has 3 nitrogen and oxygen atoms in total. The summed E-state index contributed by atoms with van der Waals surface area (Å²) in [5, 5.41) is 2.54. The van der Waals surface area contributed by atoms with Gasteiger partial charge in [0.25, 0.3) is 0 Å². The lowest BCUT2D eigenvalue weighted by Gasteiger charge is -2.04. The molecule has 9 heavy (non-hydrogen) atoms. The first-order valence-electron chi connectivity index (χ1n) is 3.16. The van der Waals surface area contributed by atoms with E-state index in [9.17, 15) is 4.79 Å². The van der Waals surface area contributed by atoms with Crippen molar-refractivity contribution in [2.75, 3.05) is 7.05 Å². The van der Waals surface area contributed by atoms with Gasteiger partial charge in [-0.05, 0) is 12.8 Å². The molecule has 0 aliphatic heterocycles. The first-order valence-corrected chi connectivity index (χ1v) is 3.16. The highest BCUT2D eigenvalue weighted by molar-refractivity contribution is 5.77. The average molecular weight is 128 g/mol. The average Bonchev–Trinajstić information content (AvgIpc) is 2.48. The van der Waals surface area contributed by atoms with E-state index in [1.165, 1.54) is 0 Å². The maximum atomic E-state index is 10.7. The van der Waals surface area contributed by atoms with E-state index in [-0.39, 0.29) is 11.4 Å². The van der Waals surface area contributed by atoms with Crippen molar-refractivity contribution in [1.82, 2.24) is 5.32 Å². The second-order valence-electron chi connectivity index (χ2n) is 2.71. The predicted octanol–water partition coefficient (Wildman–Crippen LogP) is -0.386. The van der Waals surface area contributed by atoms with Gasteiger partial charge in [-0.2, -0.15) is 0 Å². The van der Waals surface area contributed by atoms with Gasteiger partial charge >= 0.3 is 0 Å². The van der Waals surface area contributed by atoms with Crippen molar-refractivity contribution in [3.63, 3.8) is 0 Å². The number of carbonyl (C=O) groups is 1. The quantitative estimate of drug-likeness (QED) is 0.532. The molecule has 0 heterocycles. The van der Waals surface area contributed by atoms with Gasteiger partial charge in [-0.3, -0.25) is 4.79 Å². The summed E-state index contributed by atoms with van der Waals surface area (Å²) in [6.45, 7) is 0. The number of carbonyl (C=O) groups excluding carboxylic acids is 1. The van der Waals surface area contributed by atoms with Crippen molar-refractivity contribution < 1.29 is 4.79 Å². The Hall–Kier alpha value is -0.570. The highest BCUT2D eigenvalue weighted by atomic mass is 16.1. The molecule has 0 aromatic heterocycles. The molecule has 1 fully saturated rings. The van der Waals surface area contributed by atoms with Crippen molar-refractivity contribution in [2.24, 2.45) is 5.73 Å². The SMILES string of the molecule is CNC(=O)CC1(N)CC1. The zero-order valence-corrected chi connectivity index (χ0v) is 5.61. The van der Waals surface area contributed by atoms with Crippen LogP contribution in [0.25, 0.3) is 0 Å². The fourth-order valence-corrected chi connectivity index (χ4v) is 0.745. The monoisotopic (exact) mass is 128 g/mol. The number of rotatable bonds is 2. The van der Waals surface area contributed by atoms with Gasteiger partial charge in [0.05, 0.1) is 0 Å². The molecule has 0 spiro atoms.